The van der Waals surface area contributed by atoms with Gasteiger partial charge < -0.3 is 0 Å². The molecule has 0 amide bonds. The van der Waals surface area contributed by atoms with Crippen LogP contribution in [0.15, 0.2) is 0 Å². The van der Waals surface area contributed by atoms with E-state index in [0.29, 0.717) is 0 Å². The van der Waals surface area contributed by atoms with E-state index in [1.165, 1.54) is 51.4 Å². The Morgan fingerprint density at radius 3 is 1.58 bits per heavy atom. The summed E-state index contributed by atoms with van der Waals surface area (Å²) in [4.78, 5) is 0. The summed E-state index contributed by atoms with van der Waals surface area (Å²) in [6.07, 6.45) is 11.8. The maximum atomic E-state index is 2.28. The smallest absolute Gasteiger partial charge is 0.269 e. The van der Waals surface area contributed by atoms with Crippen molar-refractivity contribution in [2.45, 2.75) is 58.8 Å². The van der Waals surface area contributed by atoms with Crippen molar-refractivity contribution in [3.63, 3.8) is 0 Å². The average Bonchev–Trinajstić information content (AvgIpc) is 2.03. The van der Waals surface area contributed by atoms with Crippen molar-refractivity contribution >= 4 is 49.0 Å². The molecule has 0 aliphatic rings. The Hall–Kier alpha value is 1.57. The molecule has 0 nitrogen and oxygen atoms in total. The summed E-state index contributed by atoms with van der Waals surface area (Å²) in [5.41, 5.74) is 0. The van der Waals surface area contributed by atoms with E-state index in [2.05, 4.69) is 6.92 Å². The Morgan fingerprint density at radius 1 is 0.750 bits per heavy atom. The molecule has 0 aliphatic carbocycles. The van der Waals surface area contributed by atoms with E-state index >= 15 is 0 Å². The quantitative estimate of drug-likeness (QED) is 0.412. The van der Waals surface area contributed by atoms with Gasteiger partial charge in [0, 0.05) is 0 Å². The van der Waals surface area contributed by atoms with Gasteiger partial charge in [-0.05, 0) is 0 Å². The molecule has 0 atom stereocenters. The van der Waals surface area contributed by atoms with Gasteiger partial charge in [0.1, 0.15) is 0 Å². The molecule has 0 aromatic rings. The Balaban J connectivity index is 0. The van der Waals surface area contributed by atoms with E-state index in [-0.39, 0.29) is 4.70 Å². The monoisotopic (exact) mass is 200 g/mol. The molecule has 2 heteroatoms. The summed E-state index contributed by atoms with van der Waals surface area (Å²) in [6.45, 7) is 2.28. The molecule has 0 bridgehead atoms. The average molecular weight is 200 g/mol. The van der Waals surface area contributed by atoms with Crippen LogP contribution in [0.1, 0.15) is 58.3 Å². The molecular weight excluding hydrogens is 178 g/mol. The molecule has 0 unspecified atom stereocenters. The van der Waals surface area contributed by atoms with Crippen LogP contribution < -0.4 is 0 Å². The minimum atomic E-state index is 0. The summed E-state index contributed by atoms with van der Waals surface area (Å²) in [5, 5.41) is 0. The van der Waals surface area contributed by atoms with Crippen LogP contribution in [0, 0.1) is 0 Å². The summed E-state index contributed by atoms with van der Waals surface area (Å²) >= 11 is 1.11. The molecule has 0 heterocycles. The van der Waals surface area contributed by atoms with Gasteiger partial charge in [0.25, 0.3) is 0 Å². The minimum absolute atomic E-state index is 0. The third-order valence-electron chi connectivity index (χ3n) is 2.21. The normalized spacial score (nSPS) is 9.58. The molecule has 0 aromatic carbocycles. The van der Waals surface area contributed by atoms with Crippen LogP contribution in [0.3, 0.4) is 0 Å². The maximum Gasteiger partial charge on any atom is -0.269 e. The molecule has 0 radical (unpaired) electrons. The molecular formula is C10H22FK. The van der Waals surface area contributed by atoms with Gasteiger partial charge in [-0.3, -0.25) is 4.70 Å². The molecule has 0 saturated heterocycles. The van der Waals surface area contributed by atoms with Gasteiger partial charge in [0.05, 0.1) is 0 Å². The summed E-state index contributed by atoms with van der Waals surface area (Å²) in [5.74, 6) is 0. The van der Waals surface area contributed by atoms with Gasteiger partial charge in [-0.1, -0.05) is 0 Å². The second kappa shape index (κ2) is 15.1. The molecule has 0 fully saturated rings. The number of halogens is 1. The Labute approximate surface area is 111 Å². The molecule has 0 spiro atoms. The van der Waals surface area contributed by atoms with E-state index in [9.17, 15) is 0 Å². The fourth-order valence-corrected chi connectivity index (χ4v) is 2.16. The van der Waals surface area contributed by atoms with Crippen LogP contribution in [0.2, 0.25) is 0.515 Å². The van der Waals surface area contributed by atoms with Gasteiger partial charge in [-0.2, -0.15) is 0 Å². The van der Waals surface area contributed by atoms with Crippen molar-refractivity contribution in [3.05, 3.63) is 0 Å². The van der Waals surface area contributed by atoms with E-state index in [1.807, 2.05) is 0 Å². The third-order valence-corrected chi connectivity index (χ3v) is 3.31. The van der Waals surface area contributed by atoms with Gasteiger partial charge >= 0.3 is 108 Å². The van der Waals surface area contributed by atoms with Gasteiger partial charge in [0.15, 0.2) is 0 Å². The van der Waals surface area contributed by atoms with Crippen molar-refractivity contribution in [3.8, 4) is 0 Å². The predicted molar refractivity (Wildman–Crippen MR) is 55.7 cm³/mol. The number of hydrogen-bond donors (Lipinski definition) is 0. The largest absolute Gasteiger partial charge is 0.269 e. The number of rotatable bonds is 8. The maximum absolute atomic E-state index is 2.28. The fourth-order valence-electron chi connectivity index (χ4n) is 1.38. The zero-order valence-electron chi connectivity index (χ0n) is 8.77. The molecule has 0 rings (SSSR count). The number of hydrogen-bond acceptors (Lipinski definition) is 0. The Kier molecular flexibility index (Phi) is 20.1. The first-order chi connectivity index (χ1) is 5.41. The topological polar surface area (TPSA) is 0 Å². The second-order valence-electron chi connectivity index (χ2n) is 3.47. The van der Waals surface area contributed by atoms with E-state index in [1.54, 1.807) is 0.515 Å². The van der Waals surface area contributed by atoms with Gasteiger partial charge in [-0.15, -0.1) is 0 Å². The summed E-state index contributed by atoms with van der Waals surface area (Å²) in [6, 6.07) is 0. The molecule has 0 N–H and O–H groups in total. The van der Waals surface area contributed by atoms with Crippen LogP contribution in [0.4, 0.5) is 4.70 Å². The summed E-state index contributed by atoms with van der Waals surface area (Å²) in [7, 11) is 0. The molecule has 0 aromatic heterocycles. The Morgan fingerprint density at radius 2 is 1.17 bits per heavy atom. The first-order valence-corrected chi connectivity index (χ1v) is 7.62. The van der Waals surface area contributed by atoms with Crippen LogP contribution in [0.25, 0.3) is 0 Å². The molecule has 12 heavy (non-hydrogen) atoms. The Bertz CT molecular complexity index is 58.9. The zero-order chi connectivity index (χ0) is 8.36. The van der Waals surface area contributed by atoms with E-state index < -0.39 is 0 Å². The first kappa shape index (κ1) is 16.0. The SMILES string of the molecule is CCCCCCCCC[CH2][K].F. The van der Waals surface area contributed by atoms with E-state index in [4.69, 9.17) is 0 Å². The van der Waals surface area contributed by atoms with Crippen LogP contribution in [-0.4, -0.2) is 49.0 Å². The minimum Gasteiger partial charge on any atom is -0.269 e. The van der Waals surface area contributed by atoms with Crippen LogP contribution >= 0.6 is 0 Å². The summed E-state index contributed by atoms with van der Waals surface area (Å²) < 4.78 is 1.56. The molecule has 0 aliphatic heterocycles. The van der Waals surface area contributed by atoms with Gasteiger partial charge in [0.2, 0.25) is 0 Å². The van der Waals surface area contributed by atoms with Crippen LogP contribution in [0.5, 0.6) is 0 Å². The zero-order valence-corrected chi connectivity index (χ0v) is 11.9. The van der Waals surface area contributed by atoms with Crippen molar-refractivity contribution in [1.29, 1.82) is 0 Å². The fraction of sp³-hybridized carbons (Fsp3) is 1.00. The van der Waals surface area contributed by atoms with Crippen molar-refractivity contribution < 1.29 is 4.70 Å². The molecule has 0 saturated carbocycles. The van der Waals surface area contributed by atoms with Crippen LogP contribution in [-0.2, 0) is 0 Å². The van der Waals surface area contributed by atoms with Crippen molar-refractivity contribution in [1.82, 2.24) is 0 Å². The number of unbranched alkanes of at least 4 members (excludes halogenated alkanes) is 7. The standard InChI is InChI=1S/C10H21.FH.K/c1-3-5-7-9-10-8-6-4-2;;/h1,3-10H2,2H3;1H;. The van der Waals surface area contributed by atoms with Crippen molar-refractivity contribution in [2.24, 2.45) is 0 Å². The predicted octanol–water partition coefficient (Wildman–Crippen LogP) is 3.87. The van der Waals surface area contributed by atoms with E-state index in [0.717, 1.165) is 49.0 Å². The van der Waals surface area contributed by atoms with Crippen molar-refractivity contribution in [2.75, 3.05) is 0 Å². The second-order valence-corrected chi connectivity index (χ2v) is 5.04. The van der Waals surface area contributed by atoms with Gasteiger partial charge in [-0.25, -0.2) is 0 Å². The first-order valence-electron chi connectivity index (χ1n) is 5.41. The third kappa shape index (κ3) is 14.1. The molecule has 70 valence electrons.